The Morgan fingerprint density at radius 2 is 2.06 bits per heavy atom. The van der Waals surface area contributed by atoms with Gasteiger partial charge in [0.1, 0.15) is 5.60 Å². The van der Waals surface area contributed by atoms with Gasteiger partial charge >= 0.3 is 6.18 Å². The van der Waals surface area contributed by atoms with Gasteiger partial charge in [-0.3, -0.25) is 4.99 Å². The SMILES string of the molecule is CN=CC12CC(NS(=O)(=O)c3ccc(C)c(-c4cnc5c(N)nc(C(F)(F)F)nn45)c3)(CO1)C2. The molecule has 6 rings (SSSR count). The molecule has 4 heterocycles. The summed E-state index contributed by atoms with van der Waals surface area (Å²) in [7, 11) is -2.34. The van der Waals surface area contributed by atoms with E-state index in [1.807, 2.05) is 0 Å². The van der Waals surface area contributed by atoms with Crippen LogP contribution < -0.4 is 10.5 Å². The maximum absolute atomic E-state index is 13.2. The van der Waals surface area contributed by atoms with E-state index in [2.05, 4.69) is 24.8 Å². The lowest BCUT2D eigenvalue weighted by atomic mass is 9.70. The Morgan fingerprint density at radius 1 is 1.32 bits per heavy atom. The van der Waals surface area contributed by atoms with Crippen molar-refractivity contribution < 1.29 is 26.3 Å². The molecule has 2 aliphatic heterocycles. The number of halogens is 3. The number of aliphatic imine (C=N–C) groups is 1. The van der Waals surface area contributed by atoms with Gasteiger partial charge in [-0.15, -0.1) is 5.10 Å². The number of nitrogens with one attached hydrogen (secondary N) is 1. The molecule has 180 valence electrons. The van der Waals surface area contributed by atoms with Gasteiger partial charge in [0, 0.05) is 31.7 Å². The molecule has 0 spiro atoms. The first-order chi connectivity index (χ1) is 15.9. The van der Waals surface area contributed by atoms with Gasteiger partial charge < -0.3 is 10.5 Å². The number of hydrogen-bond acceptors (Lipinski definition) is 8. The lowest BCUT2D eigenvalue weighted by Crippen LogP contribution is -2.60. The first kappa shape index (κ1) is 22.7. The van der Waals surface area contributed by atoms with E-state index in [0.717, 1.165) is 4.52 Å². The molecule has 2 bridgehead atoms. The van der Waals surface area contributed by atoms with Gasteiger partial charge in [-0.25, -0.2) is 27.6 Å². The number of benzene rings is 1. The van der Waals surface area contributed by atoms with Crippen molar-refractivity contribution in [3.63, 3.8) is 0 Å². The van der Waals surface area contributed by atoms with Crippen LogP contribution >= 0.6 is 0 Å². The third kappa shape index (κ3) is 3.52. The zero-order valence-electron chi connectivity index (χ0n) is 18.1. The molecule has 0 unspecified atom stereocenters. The van der Waals surface area contributed by atoms with Crippen molar-refractivity contribution in [2.75, 3.05) is 19.4 Å². The Balaban J connectivity index is 1.53. The standard InChI is InChI=1S/C20H20F3N7O3S/c1-11-3-4-12(34(31,32)29-18-7-19(8-18,9-25-2)33-10-18)5-13(11)14-6-26-16-15(24)27-17(20(21,22)23)28-30(14)16/h3-6,9,29H,7-8,10H2,1-2H3,(H2,24,27,28). The highest BCUT2D eigenvalue weighted by Crippen LogP contribution is 2.51. The van der Waals surface area contributed by atoms with Crippen molar-refractivity contribution in [3.8, 4) is 11.3 Å². The van der Waals surface area contributed by atoms with Crippen molar-refractivity contribution >= 4 is 27.7 Å². The van der Waals surface area contributed by atoms with E-state index in [1.165, 1.54) is 18.3 Å². The highest BCUT2D eigenvalue weighted by atomic mass is 32.2. The lowest BCUT2D eigenvalue weighted by Gasteiger charge is -2.42. The first-order valence-corrected chi connectivity index (χ1v) is 11.7. The number of rotatable bonds is 5. The summed E-state index contributed by atoms with van der Waals surface area (Å²) < 4.78 is 75.5. The first-order valence-electron chi connectivity index (χ1n) is 10.2. The minimum atomic E-state index is -4.82. The minimum Gasteiger partial charge on any atom is -0.380 e. The van der Waals surface area contributed by atoms with Crippen molar-refractivity contribution in [3.05, 3.63) is 35.8 Å². The van der Waals surface area contributed by atoms with Crippen LogP contribution in [0.5, 0.6) is 0 Å². The van der Waals surface area contributed by atoms with Gasteiger partial charge in [-0.2, -0.15) is 13.2 Å². The number of alkyl halides is 3. The fourth-order valence-electron chi connectivity index (χ4n) is 4.64. The molecule has 3 fully saturated rings. The van der Waals surface area contributed by atoms with Crippen molar-refractivity contribution in [2.45, 2.75) is 42.0 Å². The normalized spacial score (nSPS) is 24.7. The molecule has 14 heteroatoms. The van der Waals surface area contributed by atoms with E-state index in [0.29, 0.717) is 24.0 Å². The Labute approximate surface area is 192 Å². The van der Waals surface area contributed by atoms with Crippen molar-refractivity contribution in [1.82, 2.24) is 24.3 Å². The molecule has 0 radical (unpaired) electrons. The summed E-state index contributed by atoms with van der Waals surface area (Å²) in [5, 5.41) is 3.55. The van der Waals surface area contributed by atoms with Crippen LogP contribution in [0.4, 0.5) is 19.0 Å². The van der Waals surface area contributed by atoms with E-state index < -0.39 is 39.0 Å². The highest BCUT2D eigenvalue weighted by Gasteiger charge is 2.63. The summed E-state index contributed by atoms with van der Waals surface area (Å²) in [6.07, 6.45) is -0.917. The predicted molar refractivity (Wildman–Crippen MR) is 116 cm³/mol. The van der Waals surface area contributed by atoms with Gasteiger partial charge in [-0.1, -0.05) is 6.07 Å². The van der Waals surface area contributed by atoms with Crippen LogP contribution in [0.2, 0.25) is 0 Å². The second kappa shape index (κ2) is 7.20. The van der Waals surface area contributed by atoms with E-state index in [4.69, 9.17) is 10.5 Å². The van der Waals surface area contributed by atoms with E-state index in [-0.39, 0.29) is 22.8 Å². The molecule has 34 heavy (non-hydrogen) atoms. The Kier molecular flexibility index (Phi) is 4.80. The van der Waals surface area contributed by atoms with Gasteiger partial charge in [-0.05, 0) is 24.6 Å². The van der Waals surface area contributed by atoms with Crippen LogP contribution in [-0.4, -0.2) is 59.0 Å². The lowest BCUT2D eigenvalue weighted by molar-refractivity contribution is -0.145. The molecule has 0 amide bonds. The number of nitrogens with zero attached hydrogens (tertiary/aromatic N) is 5. The van der Waals surface area contributed by atoms with Gasteiger partial charge in [0.05, 0.1) is 28.9 Å². The largest absolute Gasteiger partial charge is 0.453 e. The maximum Gasteiger partial charge on any atom is 0.453 e. The number of aryl methyl sites for hydroxylation is 1. The van der Waals surface area contributed by atoms with Crippen molar-refractivity contribution in [2.24, 2.45) is 4.99 Å². The van der Waals surface area contributed by atoms with Crippen LogP contribution in [0.3, 0.4) is 0 Å². The van der Waals surface area contributed by atoms with Crippen LogP contribution in [-0.2, 0) is 20.9 Å². The summed E-state index contributed by atoms with van der Waals surface area (Å²) in [5.74, 6) is -1.87. The fraction of sp³-hybridized carbons (Fsp3) is 0.400. The number of nitrogens with two attached hydrogens (primary N) is 1. The van der Waals surface area contributed by atoms with Gasteiger partial charge in [0.15, 0.2) is 11.5 Å². The number of hydrogen-bond donors (Lipinski definition) is 2. The summed E-state index contributed by atoms with van der Waals surface area (Å²) in [6, 6.07) is 4.37. The number of sulfonamides is 1. The van der Waals surface area contributed by atoms with E-state index in [1.54, 1.807) is 26.3 Å². The highest BCUT2D eigenvalue weighted by molar-refractivity contribution is 7.89. The molecule has 3 aliphatic rings. The van der Waals surface area contributed by atoms with Gasteiger partial charge in [0.25, 0.3) is 5.82 Å². The summed E-state index contributed by atoms with van der Waals surface area (Å²) in [4.78, 5) is 11.2. The molecular formula is C20H20F3N7O3S. The third-order valence-corrected chi connectivity index (χ3v) is 7.64. The molecule has 1 aromatic carbocycles. The van der Waals surface area contributed by atoms with E-state index >= 15 is 0 Å². The van der Waals surface area contributed by atoms with Crippen LogP contribution in [0, 0.1) is 6.92 Å². The maximum atomic E-state index is 13.2. The molecular weight excluding hydrogens is 475 g/mol. The Hall–Kier alpha value is -3.10. The molecule has 3 N–H and O–H groups in total. The van der Waals surface area contributed by atoms with E-state index in [9.17, 15) is 21.6 Å². The molecule has 1 aliphatic carbocycles. The molecule has 2 saturated heterocycles. The average Bonchev–Trinajstić information content (AvgIpc) is 3.39. The Morgan fingerprint density at radius 3 is 2.74 bits per heavy atom. The Bertz CT molecular complexity index is 1440. The minimum absolute atomic E-state index is 0.0518. The second-order valence-corrected chi connectivity index (χ2v) is 10.3. The monoisotopic (exact) mass is 495 g/mol. The molecule has 3 aromatic rings. The van der Waals surface area contributed by atoms with Gasteiger partial charge in [0.2, 0.25) is 10.0 Å². The van der Waals surface area contributed by atoms with Crippen LogP contribution in [0.15, 0.2) is 34.3 Å². The molecule has 10 nitrogen and oxygen atoms in total. The number of aromatic nitrogens is 4. The smallest absolute Gasteiger partial charge is 0.380 e. The molecule has 0 atom stereocenters. The quantitative estimate of drug-likeness (QED) is 0.517. The molecule has 1 saturated carbocycles. The van der Waals surface area contributed by atoms with Crippen LogP contribution in [0.25, 0.3) is 16.9 Å². The number of nitrogen functional groups attached to an aromatic ring is 1. The average molecular weight is 495 g/mol. The predicted octanol–water partition coefficient (Wildman–Crippen LogP) is 1.98. The fourth-order valence-corrected chi connectivity index (χ4v) is 6.05. The summed E-state index contributed by atoms with van der Waals surface area (Å²) in [5.41, 5.74) is 5.42. The number of imidazole rings is 1. The number of fused-ring (bicyclic) bond motifs is 2. The third-order valence-electron chi connectivity index (χ3n) is 6.06. The zero-order valence-corrected chi connectivity index (χ0v) is 18.9. The summed E-state index contributed by atoms with van der Waals surface area (Å²) in [6.45, 7) is 1.92. The number of ether oxygens (including phenoxy) is 1. The molecule has 2 aromatic heterocycles. The number of anilines is 1. The second-order valence-electron chi connectivity index (χ2n) is 8.65. The van der Waals surface area contributed by atoms with Crippen LogP contribution in [0.1, 0.15) is 24.2 Å². The topological polar surface area (TPSA) is 137 Å². The van der Waals surface area contributed by atoms with Crippen molar-refractivity contribution in [1.29, 1.82) is 0 Å². The summed E-state index contributed by atoms with van der Waals surface area (Å²) >= 11 is 0. The zero-order chi connectivity index (χ0) is 24.5.